The van der Waals surface area contributed by atoms with Crippen LogP contribution < -0.4 is 0 Å². The summed E-state index contributed by atoms with van der Waals surface area (Å²) < 4.78 is 4.94. The van der Waals surface area contributed by atoms with Crippen molar-refractivity contribution in [1.29, 1.82) is 0 Å². The van der Waals surface area contributed by atoms with Crippen molar-refractivity contribution in [3.05, 3.63) is 17.5 Å². The Hall–Kier alpha value is -1.85. The summed E-state index contributed by atoms with van der Waals surface area (Å²) in [6, 6.07) is 1.61. The number of aryl methyl sites for hydroxylation is 1. The highest BCUT2D eigenvalue weighted by Gasteiger charge is 2.16. The van der Waals surface area contributed by atoms with Gasteiger partial charge in [0.15, 0.2) is 5.69 Å². The van der Waals surface area contributed by atoms with E-state index < -0.39 is 5.97 Å². The first-order chi connectivity index (χ1) is 8.04. The zero-order valence-electron chi connectivity index (χ0n) is 9.97. The minimum atomic E-state index is -0.861. The number of hydrogen-bond acceptors (Lipinski definition) is 4. The number of hydrogen-bond donors (Lipinski definition) is 1. The Kier molecular flexibility index (Phi) is 4.68. The highest BCUT2D eigenvalue weighted by atomic mass is 16.5. The maximum atomic E-state index is 11.8. The van der Waals surface area contributed by atoms with E-state index in [1.807, 2.05) is 6.92 Å². The van der Waals surface area contributed by atoms with Crippen LogP contribution in [-0.4, -0.2) is 40.6 Å². The molecule has 0 fully saturated rings. The number of aromatic nitrogens is 1. The van der Waals surface area contributed by atoms with Crippen molar-refractivity contribution in [1.82, 2.24) is 10.1 Å². The standard InChI is InChI=1S/C11H16N2O4/c1-3-8-7-9(12-17-8)11(16)13(2)6-4-5-10(14)15/h7H,3-6H2,1-2H3,(H,14,15). The monoisotopic (exact) mass is 240 g/mol. The summed E-state index contributed by atoms with van der Waals surface area (Å²) in [5.74, 6) is -0.452. The van der Waals surface area contributed by atoms with E-state index in [0.717, 1.165) is 0 Å². The van der Waals surface area contributed by atoms with E-state index in [1.54, 1.807) is 13.1 Å². The predicted octanol–water partition coefficient (Wildman–Crippen LogP) is 1.17. The molecule has 0 bridgehead atoms. The third kappa shape index (κ3) is 3.90. The molecule has 1 heterocycles. The van der Waals surface area contributed by atoms with E-state index in [9.17, 15) is 9.59 Å². The molecule has 1 N–H and O–H groups in total. The zero-order valence-corrected chi connectivity index (χ0v) is 9.97. The normalized spacial score (nSPS) is 10.2. The number of nitrogens with zero attached hydrogens (tertiary/aromatic N) is 2. The van der Waals surface area contributed by atoms with E-state index in [4.69, 9.17) is 9.63 Å². The Balaban J connectivity index is 2.48. The van der Waals surface area contributed by atoms with Gasteiger partial charge in [0.2, 0.25) is 0 Å². The predicted molar refractivity (Wildman–Crippen MR) is 59.7 cm³/mol. The van der Waals surface area contributed by atoms with E-state index in [-0.39, 0.29) is 18.0 Å². The molecule has 0 aromatic carbocycles. The maximum absolute atomic E-state index is 11.8. The van der Waals surface area contributed by atoms with Crippen molar-refractivity contribution in [3.8, 4) is 0 Å². The molecule has 0 aliphatic carbocycles. The molecule has 0 radical (unpaired) electrons. The van der Waals surface area contributed by atoms with Gasteiger partial charge >= 0.3 is 5.97 Å². The number of aliphatic carboxylic acids is 1. The van der Waals surface area contributed by atoms with Crippen LogP contribution in [0.2, 0.25) is 0 Å². The molecule has 0 saturated heterocycles. The van der Waals surface area contributed by atoms with Crippen molar-refractivity contribution in [2.45, 2.75) is 26.2 Å². The molecule has 94 valence electrons. The van der Waals surface area contributed by atoms with Crippen LogP contribution in [0.25, 0.3) is 0 Å². The third-order valence-corrected chi connectivity index (χ3v) is 2.36. The molecule has 0 saturated carbocycles. The van der Waals surface area contributed by atoms with Gasteiger partial charge in [-0.3, -0.25) is 9.59 Å². The fraction of sp³-hybridized carbons (Fsp3) is 0.545. The molecule has 17 heavy (non-hydrogen) atoms. The molecule has 0 unspecified atom stereocenters. The largest absolute Gasteiger partial charge is 0.481 e. The zero-order chi connectivity index (χ0) is 12.8. The topological polar surface area (TPSA) is 83.6 Å². The number of carboxylic acid groups (broad SMARTS) is 1. The van der Waals surface area contributed by atoms with Crippen LogP contribution >= 0.6 is 0 Å². The smallest absolute Gasteiger partial charge is 0.303 e. The Morgan fingerprint density at radius 2 is 2.24 bits per heavy atom. The fourth-order valence-corrected chi connectivity index (χ4v) is 1.34. The summed E-state index contributed by atoms with van der Waals surface area (Å²) in [7, 11) is 1.62. The Morgan fingerprint density at radius 3 is 2.76 bits per heavy atom. The van der Waals surface area contributed by atoms with Gasteiger partial charge < -0.3 is 14.5 Å². The Bertz CT molecular complexity index is 400. The molecule has 1 rings (SSSR count). The quantitative estimate of drug-likeness (QED) is 0.807. The third-order valence-electron chi connectivity index (χ3n) is 2.36. The summed E-state index contributed by atoms with van der Waals surface area (Å²) >= 11 is 0. The van der Waals surface area contributed by atoms with Crippen LogP contribution in [0.5, 0.6) is 0 Å². The lowest BCUT2D eigenvalue weighted by atomic mass is 10.2. The van der Waals surface area contributed by atoms with Gasteiger partial charge in [0.05, 0.1) is 0 Å². The van der Waals surface area contributed by atoms with E-state index in [2.05, 4.69) is 5.16 Å². The number of carbonyl (C=O) groups excluding carboxylic acids is 1. The molecule has 6 nitrogen and oxygen atoms in total. The van der Waals surface area contributed by atoms with Gasteiger partial charge in [0.25, 0.3) is 5.91 Å². The lowest BCUT2D eigenvalue weighted by molar-refractivity contribution is -0.137. The lowest BCUT2D eigenvalue weighted by Gasteiger charge is -2.14. The second kappa shape index (κ2) is 6.03. The highest BCUT2D eigenvalue weighted by Crippen LogP contribution is 2.07. The number of carboxylic acids is 1. The van der Waals surface area contributed by atoms with Crippen LogP contribution in [-0.2, 0) is 11.2 Å². The molecule has 1 aromatic heterocycles. The molecule has 0 aliphatic rings. The molecule has 6 heteroatoms. The highest BCUT2D eigenvalue weighted by molar-refractivity contribution is 5.92. The fourth-order valence-electron chi connectivity index (χ4n) is 1.34. The number of amides is 1. The minimum absolute atomic E-state index is 0.0522. The first-order valence-corrected chi connectivity index (χ1v) is 5.47. The lowest BCUT2D eigenvalue weighted by Crippen LogP contribution is -2.28. The van der Waals surface area contributed by atoms with Crippen LogP contribution in [0, 0.1) is 0 Å². The second-order valence-corrected chi connectivity index (χ2v) is 3.76. The van der Waals surface area contributed by atoms with Gasteiger partial charge in [-0.1, -0.05) is 12.1 Å². The van der Waals surface area contributed by atoms with Crippen molar-refractivity contribution < 1.29 is 19.2 Å². The van der Waals surface area contributed by atoms with E-state index in [0.29, 0.717) is 25.1 Å². The van der Waals surface area contributed by atoms with Gasteiger partial charge in [-0.05, 0) is 6.42 Å². The minimum Gasteiger partial charge on any atom is -0.481 e. The Labute approximate surface area is 99.2 Å². The van der Waals surface area contributed by atoms with Crippen molar-refractivity contribution >= 4 is 11.9 Å². The average molecular weight is 240 g/mol. The second-order valence-electron chi connectivity index (χ2n) is 3.76. The van der Waals surface area contributed by atoms with Gasteiger partial charge in [0, 0.05) is 32.5 Å². The van der Waals surface area contributed by atoms with Crippen molar-refractivity contribution in [3.63, 3.8) is 0 Å². The first-order valence-electron chi connectivity index (χ1n) is 5.47. The summed E-state index contributed by atoms with van der Waals surface area (Å²) in [5.41, 5.74) is 0.264. The van der Waals surface area contributed by atoms with Gasteiger partial charge in [0.1, 0.15) is 5.76 Å². The molecular weight excluding hydrogens is 224 g/mol. The summed E-state index contributed by atoms with van der Waals surface area (Å²) in [6.07, 6.45) is 1.16. The molecule has 0 atom stereocenters. The molecule has 0 spiro atoms. The molecule has 1 aromatic rings. The Morgan fingerprint density at radius 1 is 1.53 bits per heavy atom. The SMILES string of the molecule is CCc1cc(C(=O)N(C)CCCC(=O)O)no1. The molecular formula is C11H16N2O4. The number of rotatable bonds is 6. The average Bonchev–Trinajstić information content (AvgIpc) is 2.75. The summed E-state index contributed by atoms with van der Waals surface area (Å²) in [5, 5.41) is 12.2. The van der Waals surface area contributed by atoms with Crippen molar-refractivity contribution in [2.24, 2.45) is 0 Å². The van der Waals surface area contributed by atoms with Crippen LogP contribution in [0.4, 0.5) is 0 Å². The van der Waals surface area contributed by atoms with Gasteiger partial charge in [-0.2, -0.15) is 0 Å². The molecule has 1 amide bonds. The van der Waals surface area contributed by atoms with Crippen molar-refractivity contribution in [2.75, 3.05) is 13.6 Å². The van der Waals surface area contributed by atoms with E-state index >= 15 is 0 Å². The summed E-state index contributed by atoms with van der Waals surface area (Å²) in [4.78, 5) is 23.6. The van der Waals surface area contributed by atoms with Gasteiger partial charge in [-0.25, -0.2) is 0 Å². The van der Waals surface area contributed by atoms with Gasteiger partial charge in [-0.15, -0.1) is 0 Å². The molecule has 0 aliphatic heterocycles. The van der Waals surface area contributed by atoms with E-state index in [1.165, 1.54) is 4.90 Å². The van der Waals surface area contributed by atoms with Crippen LogP contribution in [0.15, 0.2) is 10.6 Å². The summed E-state index contributed by atoms with van der Waals surface area (Å²) in [6.45, 7) is 2.30. The van der Waals surface area contributed by atoms with Crippen LogP contribution in [0.3, 0.4) is 0 Å². The van der Waals surface area contributed by atoms with Crippen LogP contribution in [0.1, 0.15) is 36.0 Å². The maximum Gasteiger partial charge on any atom is 0.303 e. The number of carbonyl (C=O) groups is 2. The first kappa shape index (κ1) is 13.2.